The fraction of sp³-hybridized carbons (Fsp3) is 0.714. The summed E-state index contributed by atoms with van der Waals surface area (Å²) in [4.78, 5) is 2.24. The van der Waals surface area contributed by atoms with E-state index < -0.39 is 0 Å². The van der Waals surface area contributed by atoms with Gasteiger partial charge in [-0.1, -0.05) is 6.08 Å². The number of allylic oxidation sites excluding steroid dienone is 1. The van der Waals surface area contributed by atoms with Crippen LogP contribution in [0.1, 0.15) is 6.42 Å². The van der Waals surface area contributed by atoms with Crippen molar-refractivity contribution < 1.29 is 0 Å². The molecule has 1 heterocycles. The minimum Gasteiger partial charge on any atom is -0.308 e. The highest BCUT2D eigenvalue weighted by Crippen LogP contribution is 2.23. The molecule has 1 aliphatic rings. The maximum atomic E-state index is 2.25. The third-order valence-electron chi connectivity index (χ3n) is 1.34. The molecule has 0 radical (unpaired) electrons. The Kier molecular flexibility index (Phi) is 2.61. The summed E-state index contributed by atoms with van der Waals surface area (Å²) >= 11 is 1.95. The van der Waals surface area contributed by atoms with Crippen molar-refractivity contribution in [1.82, 2.24) is 4.90 Å². The molecule has 1 aliphatic heterocycles. The van der Waals surface area contributed by atoms with Crippen LogP contribution in [0, 0.1) is 0 Å². The molecule has 0 bridgehead atoms. The van der Waals surface area contributed by atoms with E-state index in [9.17, 15) is 0 Å². The molecule has 52 valence electrons. The minimum atomic E-state index is 0.819. The van der Waals surface area contributed by atoms with Crippen LogP contribution >= 0.6 is 11.8 Å². The molecule has 1 atom stereocenters. The van der Waals surface area contributed by atoms with Gasteiger partial charge in [-0.15, -0.1) is 11.8 Å². The average molecular weight is 143 g/mol. The summed E-state index contributed by atoms with van der Waals surface area (Å²) in [6.07, 6.45) is 3.50. The number of rotatable bonds is 2. The van der Waals surface area contributed by atoms with Crippen molar-refractivity contribution in [3.8, 4) is 0 Å². The molecule has 1 nitrogen and oxygen atoms in total. The molecule has 0 spiro atoms. The topological polar surface area (TPSA) is 3.24 Å². The Morgan fingerprint density at radius 3 is 2.89 bits per heavy atom. The fourth-order valence-corrected chi connectivity index (χ4v) is 2.01. The van der Waals surface area contributed by atoms with Gasteiger partial charge in [-0.2, -0.15) is 0 Å². The molecule has 0 aromatic rings. The van der Waals surface area contributed by atoms with Crippen molar-refractivity contribution in [2.24, 2.45) is 0 Å². The molecule has 0 aliphatic carbocycles. The largest absolute Gasteiger partial charge is 0.308 e. The molecular weight excluding hydrogens is 130 g/mol. The molecule has 2 heteroatoms. The number of nitrogens with zero attached hydrogens (tertiary/aromatic N) is 1. The first-order valence-electron chi connectivity index (χ1n) is 3.24. The first-order chi connectivity index (χ1) is 4.29. The van der Waals surface area contributed by atoms with Crippen molar-refractivity contribution in [3.05, 3.63) is 11.5 Å². The van der Waals surface area contributed by atoms with Crippen LogP contribution in [-0.4, -0.2) is 30.8 Å². The normalized spacial score (nSPS) is 25.9. The molecule has 1 unspecified atom stereocenters. The highest BCUT2D eigenvalue weighted by molar-refractivity contribution is 8.03. The van der Waals surface area contributed by atoms with E-state index in [2.05, 4.69) is 30.5 Å². The molecule has 0 saturated heterocycles. The van der Waals surface area contributed by atoms with Crippen molar-refractivity contribution in [3.63, 3.8) is 0 Å². The summed E-state index contributed by atoms with van der Waals surface area (Å²) in [5.41, 5.74) is 0. The maximum absolute atomic E-state index is 2.25. The summed E-state index contributed by atoms with van der Waals surface area (Å²) in [7, 11) is 4.25. The Bertz CT molecular complexity index is 101. The highest BCUT2D eigenvalue weighted by atomic mass is 32.2. The Balaban J connectivity index is 2.14. The Labute approximate surface area is 61.1 Å². The molecule has 0 amide bonds. The lowest BCUT2D eigenvalue weighted by Crippen LogP contribution is -2.21. The number of hydrogen-bond acceptors (Lipinski definition) is 2. The lowest BCUT2D eigenvalue weighted by atomic mass is 10.3. The van der Waals surface area contributed by atoms with Crippen LogP contribution in [0.25, 0.3) is 0 Å². The quantitative estimate of drug-likeness (QED) is 0.577. The second-order valence-electron chi connectivity index (χ2n) is 2.63. The molecule has 0 N–H and O–H groups in total. The van der Waals surface area contributed by atoms with Gasteiger partial charge in [0.25, 0.3) is 0 Å². The first kappa shape index (κ1) is 7.16. The summed E-state index contributed by atoms with van der Waals surface area (Å²) in [6.45, 7) is 1.21. The fourth-order valence-electron chi connectivity index (χ4n) is 0.954. The van der Waals surface area contributed by atoms with Crippen molar-refractivity contribution in [2.45, 2.75) is 11.7 Å². The van der Waals surface area contributed by atoms with Gasteiger partial charge in [-0.25, -0.2) is 0 Å². The number of thioether (sulfide) groups is 1. The molecule has 0 fully saturated rings. The lowest BCUT2D eigenvalue weighted by molar-refractivity contribution is 0.409. The van der Waals surface area contributed by atoms with E-state index in [0.717, 1.165) is 5.25 Å². The van der Waals surface area contributed by atoms with Gasteiger partial charge in [0, 0.05) is 11.8 Å². The van der Waals surface area contributed by atoms with Gasteiger partial charge >= 0.3 is 0 Å². The van der Waals surface area contributed by atoms with Crippen LogP contribution in [-0.2, 0) is 0 Å². The zero-order chi connectivity index (χ0) is 6.69. The lowest BCUT2D eigenvalue weighted by Gasteiger charge is -2.13. The summed E-state index contributed by atoms with van der Waals surface area (Å²) < 4.78 is 0. The molecule has 0 saturated carbocycles. The van der Waals surface area contributed by atoms with Gasteiger partial charge in [0.2, 0.25) is 0 Å². The van der Waals surface area contributed by atoms with Crippen molar-refractivity contribution in [1.29, 1.82) is 0 Å². The van der Waals surface area contributed by atoms with E-state index in [1.807, 2.05) is 11.8 Å². The van der Waals surface area contributed by atoms with E-state index in [4.69, 9.17) is 0 Å². The van der Waals surface area contributed by atoms with Crippen LogP contribution in [0.2, 0.25) is 0 Å². The maximum Gasteiger partial charge on any atom is 0.0250 e. The van der Waals surface area contributed by atoms with Crippen LogP contribution in [0.15, 0.2) is 11.5 Å². The third-order valence-corrected chi connectivity index (χ3v) is 2.41. The van der Waals surface area contributed by atoms with E-state index in [-0.39, 0.29) is 0 Å². The van der Waals surface area contributed by atoms with E-state index in [1.54, 1.807) is 0 Å². The van der Waals surface area contributed by atoms with E-state index in [1.165, 1.54) is 13.0 Å². The van der Waals surface area contributed by atoms with Gasteiger partial charge in [0.1, 0.15) is 0 Å². The zero-order valence-electron chi connectivity index (χ0n) is 6.00. The molecule has 9 heavy (non-hydrogen) atoms. The van der Waals surface area contributed by atoms with E-state index in [0.29, 0.717) is 0 Å². The van der Waals surface area contributed by atoms with Crippen molar-refractivity contribution in [2.75, 3.05) is 20.6 Å². The average Bonchev–Trinajstić information content (AvgIpc) is 2.15. The third kappa shape index (κ3) is 2.41. The predicted molar refractivity (Wildman–Crippen MR) is 43.7 cm³/mol. The summed E-state index contributed by atoms with van der Waals surface area (Å²) in [5, 5.41) is 3.02. The SMILES string of the molecule is CN(C)CC1CC=CS1. The Morgan fingerprint density at radius 2 is 2.44 bits per heavy atom. The van der Waals surface area contributed by atoms with Gasteiger partial charge < -0.3 is 4.90 Å². The monoisotopic (exact) mass is 143 g/mol. The van der Waals surface area contributed by atoms with Crippen LogP contribution in [0.4, 0.5) is 0 Å². The van der Waals surface area contributed by atoms with Gasteiger partial charge in [0.15, 0.2) is 0 Å². The zero-order valence-corrected chi connectivity index (χ0v) is 6.82. The molecular formula is C7H13NS. The number of hydrogen-bond donors (Lipinski definition) is 0. The van der Waals surface area contributed by atoms with Crippen LogP contribution in [0.5, 0.6) is 0 Å². The smallest absolute Gasteiger partial charge is 0.0250 e. The second kappa shape index (κ2) is 3.28. The highest BCUT2D eigenvalue weighted by Gasteiger charge is 2.10. The molecule has 0 aromatic heterocycles. The molecule has 1 rings (SSSR count). The van der Waals surface area contributed by atoms with E-state index >= 15 is 0 Å². The van der Waals surface area contributed by atoms with Crippen molar-refractivity contribution >= 4 is 11.8 Å². The van der Waals surface area contributed by atoms with Crippen LogP contribution < -0.4 is 0 Å². The Morgan fingerprint density at radius 1 is 1.67 bits per heavy atom. The van der Waals surface area contributed by atoms with Crippen LogP contribution in [0.3, 0.4) is 0 Å². The minimum absolute atomic E-state index is 0.819. The second-order valence-corrected chi connectivity index (χ2v) is 3.84. The van der Waals surface area contributed by atoms with Gasteiger partial charge in [-0.05, 0) is 25.9 Å². The standard InChI is InChI=1S/C7H13NS/c1-8(2)6-7-4-3-5-9-7/h3,5,7H,4,6H2,1-2H3. The first-order valence-corrected chi connectivity index (χ1v) is 4.18. The van der Waals surface area contributed by atoms with Gasteiger partial charge in [0.05, 0.1) is 0 Å². The summed E-state index contributed by atoms with van der Waals surface area (Å²) in [5.74, 6) is 0. The molecule has 0 aromatic carbocycles. The predicted octanol–water partition coefficient (Wildman–Crippen LogP) is 1.57. The summed E-state index contributed by atoms with van der Waals surface area (Å²) in [6, 6.07) is 0. The Hall–Kier alpha value is 0.0500. The van der Waals surface area contributed by atoms with Gasteiger partial charge in [-0.3, -0.25) is 0 Å².